The third-order valence-electron chi connectivity index (χ3n) is 4.64. The highest BCUT2D eigenvalue weighted by atomic mass is 35.5. The van der Waals surface area contributed by atoms with Crippen LogP contribution in [0.1, 0.15) is 22.8 Å². The summed E-state index contributed by atoms with van der Waals surface area (Å²) >= 11 is 6.06. The van der Waals surface area contributed by atoms with E-state index in [4.69, 9.17) is 25.8 Å². The third-order valence-corrected chi connectivity index (χ3v) is 4.87. The Labute approximate surface area is 209 Å². The number of hydrogen-bond acceptors (Lipinski definition) is 9. The van der Waals surface area contributed by atoms with Gasteiger partial charge in [0.05, 0.1) is 35.8 Å². The van der Waals surface area contributed by atoms with Crippen molar-refractivity contribution in [1.29, 1.82) is 0 Å². The number of hydrogen-bond donors (Lipinski definition) is 1. The van der Waals surface area contributed by atoms with Crippen LogP contribution in [-0.4, -0.2) is 35.7 Å². The second-order valence-corrected chi connectivity index (χ2v) is 7.38. The van der Waals surface area contributed by atoms with E-state index in [1.807, 2.05) is 0 Å². The van der Waals surface area contributed by atoms with Crippen LogP contribution in [-0.2, 0) is 0 Å². The number of carbonyl (C=O) groups excluding carboxylic acids is 1. The maximum absolute atomic E-state index is 12.5. The first-order valence-electron chi connectivity index (χ1n) is 10.3. The second-order valence-electron chi connectivity index (χ2n) is 6.95. The van der Waals surface area contributed by atoms with E-state index in [1.165, 1.54) is 43.7 Å². The molecule has 0 saturated heterocycles. The molecule has 0 fully saturated rings. The average molecular weight is 515 g/mol. The van der Waals surface area contributed by atoms with Gasteiger partial charge in [0.25, 0.3) is 11.6 Å². The molecule has 0 aromatic heterocycles. The number of halogens is 1. The Balaban J connectivity index is 1.83. The van der Waals surface area contributed by atoms with Gasteiger partial charge in [0.15, 0.2) is 11.5 Å². The summed E-state index contributed by atoms with van der Waals surface area (Å²) in [6.07, 6.45) is 1.24. The lowest BCUT2D eigenvalue weighted by atomic mass is 10.2. The van der Waals surface area contributed by atoms with Crippen LogP contribution < -0.4 is 19.6 Å². The summed E-state index contributed by atoms with van der Waals surface area (Å²) in [6, 6.07) is 12.0. The molecule has 3 aromatic rings. The molecule has 186 valence electrons. The van der Waals surface area contributed by atoms with Crippen molar-refractivity contribution in [3.63, 3.8) is 0 Å². The van der Waals surface area contributed by atoms with Crippen LogP contribution in [0.15, 0.2) is 59.7 Å². The van der Waals surface area contributed by atoms with Crippen LogP contribution in [0, 0.1) is 20.2 Å². The average Bonchev–Trinajstić information content (AvgIpc) is 2.85. The molecular weight excluding hydrogens is 496 g/mol. The van der Waals surface area contributed by atoms with Crippen molar-refractivity contribution in [2.24, 2.45) is 5.10 Å². The Morgan fingerprint density at radius 1 is 1.00 bits per heavy atom. The van der Waals surface area contributed by atoms with Crippen LogP contribution in [0.2, 0.25) is 5.02 Å². The summed E-state index contributed by atoms with van der Waals surface area (Å²) in [5.74, 6) is 0.209. The number of nitrogens with zero attached hydrogens (tertiary/aromatic N) is 3. The number of nitro groups is 2. The van der Waals surface area contributed by atoms with E-state index in [9.17, 15) is 25.0 Å². The highest BCUT2D eigenvalue weighted by Gasteiger charge is 2.22. The molecule has 0 aliphatic carbocycles. The van der Waals surface area contributed by atoms with Gasteiger partial charge < -0.3 is 14.2 Å². The van der Waals surface area contributed by atoms with E-state index in [-0.39, 0.29) is 22.6 Å². The molecule has 0 heterocycles. The number of nitrogens with one attached hydrogen (secondary N) is 1. The molecule has 1 N–H and O–H groups in total. The van der Waals surface area contributed by atoms with Crippen LogP contribution in [0.4, 0.5) is 11.4 Å². The Morgan fingerprint density at radius 3 is 2.39 bits per heavy atom. The topological polar surface area (TPSA) is 155 Å². The molecule has 0 spiro atoms. The molecule has 36 heavy (non-hydrogen) atoms. The lowest BCUT2D eigenvalue weighted by molar-refractivity contribution is -0.394. The normalized spacial score (nSPS) is 10.6. The van der Waals surface area contributed by atoms with Crippen molar-refractivity contribution in [3.8, 4) is 23.0 Å². The molecule has 0 unspecified atom stereocenters. The van der Waals surface area contributed by atoms with Gasteiger partial charge in [0.2, 0.25) is 5.75 Å². The van der Waals surface area contributed by atoms with Crippen molar-refractivity contribution in [3.05, 3.63) is 91.0 Å². The number of hydrazone groups is 1. The first-order chi connectivity index (χ1) is 17.2. The molecule has 0 aliphatic rings. The van der Waals surface area contributed by atoms with Crippen molar-refractivity contribution in [1.82, 2.24) is 5.43 Å². The van der Waals surface area contributed by atoms with Crippen molar-refractivity contribution < 1.29 is 28.9 Å². The van der Waals surface area contributed by atoms with E-state index in [2.05, 4.69) is 10.5 Å². The number of non-ortho nitro benzene ring substituents is 1. The zero-order valence-electron chi connectivity index (χ0n) is 19.0. The number of carbonyl (C=O) groups is 1. The zero-order valence-corrected chi connectivity index (χ0v) is 19.7. The number of methoxy groups -OCH3 is 1. The van der Waals surface area contributed by atoms with Crippen molar-refractivity contribution >= 4 is 35.1 Å². The van der Waals surface area contributed by atoms with Gasteiger partial charge in [0.1, 0.15) is 5.75 Å². The van der Waals surface area contributed by atoms with Crippen LogP contribution in [0.5, 0.6) is 23.0 Å². The summed E-state index contributed by atoms with van der Waals surface area (Å²) in [6.45, 7) is 2.18. The molecule has 1 amide bonds. The molecule has 0 aliphatic heterocycles. The maximum atomic E-state index is 12.5. The molecule has 3 rings (SSSR count). The smallest absolute Gasteiger partial charge is 0.318 e. The quantitative estimate of drug-likeness (QED) is 0.222. The minimum atomic E-state index is -0.794. The molecule has 0 saturated carbocycles. The van der Waals surface area contributed by atoms with E-state index >= 15 is 0 Å². The molecular formula is C23H19ClN4O8. The summed E-state index contributed by atoms with van der Waals surface area (Å²) in [5, 5.41) is 26.6. The second kappa shape index (κ2) is 11.6. The fourth-order valence-electron chi connectivity index (χ4n) is 2.99. The summed E-state index contributed by atoms with van der Waals surface area (Å²) in [5.41, 5.74) is 1.85. The monoisotopic (exact) mass is 514 g/mol. The molecule has 3 aromatic carbocycles. The van der Waals surface area contributed by atoms with E-state index < -0.39 is 27.1 Å². The minimum absolute atomic E-state index is 0.109. The maximum Gasteiger partial charge on any atom is 0.318 e. The van der Waals surface area contributed by atoms with Crippen LogP contribution in [0.3, 0.4) is 0 Å². The zero-order chi connectivity index (χ0) is 26.2. The Hall–Kier alpha value is -4.71. The van der Waals surface area contributed by atoms with Gasteiger partial charge in [-0.1, -0.05) is 11.6 Å². The predicted octanol–water partition coefficient (Wildman–Crippen LogP) is 5.12. The van der Waals surface area contributed by atoms with Gasteiger partial charge in [-0.2, -0.15) is 5.10 Å². The summed E-state index contributed by atoms with van der Waals surface area (Å²) < 4.78 is 16.3. The van der Waals surface area contributed by atoms with Crippen LogP contribution in [0.25, 0.3) is 0 Å². The van der Waals surface area contributed by atoms with Crippen molar-refractivity contribution in [2.75, 3.05) is 13.7 Å². The number of rotatable bonds is 10. The van der Waals surface area contributed by atoms with Gasteiger partial charge in [-0.05, 0) is 49.4 Å². The fourth-order valence-corrected chi connectivity index (χ4v) is 3.17. The van der Waals surface area contributed by atoms with Crippen LogP contribution >= 0.6 is 11.6 Å². The van der Waals surface area contributed by atoms with Gasteiger partial charge in [0, 0.05) is 22.2 Å². The SMILES string of the molecule is CCOc1cc(C(=O)N/N=C/c2cc(Cl)ccc2Oc2ccc([N+](=O)[O-])cc2[N+](=O)[O-])ccc1OC. The van der Waals surface area contributed by atoms with Gasteiger partial charge in [-0.3, -0.25) is 25.0 Å². The van der Waals surface area contributed by atoms with Crippen molar-refractivity contribution in [2.45, 2.75) is 6.92 Å². The summed E-state index contributed by atoms with van der Waals surface area (Å²) in [7, 11) is 1.48. The first-order valence-corrected chi connectivity index (χ1v) is 10.7. The van der Waals surface area contributed by atoms with Gasteiger partial charge >= 0.3 is 5.69 Å². The molecule has 12 nitrogen and oxygen atoms in total. The standard InChI is InChI=1S/C23H19ClN4O8/c1-3-35-22-11-14(4-7-21(22)34-2)23(29)26-25-13-15-10-16(24)5-8-19(15)36-20-9-6-17(27(30)31)12-18(20)28(32)33/h4-13H,3H2,1-2H3,(H,26,29)/b25-13+. The number of ether oxygens (including phenoxy) is 3. The highest BCUT2D eigenvalue weighted by molar-refractivity contribution is 6.30. The van der Waals surface area contributed by atoms with E-state index in [1.54, 1.807) is 13.0 Å². The molecule has 0 radical (unpaired) electrons. The highest BCUT2D eigenvalue weighted by Crippen LogP contribution is 2.36. The Bertz CT molecular complexity index is 1350. The summed E-state index contributed by atoms with van der Waals surface area (Å²) in [4.78, 5) is 33.4. The Kier molecular flexibility index (Phi) is 8.36. The first kappa shape index (κ1) is 25.9. The molecule has 13 heteroatoms. The number of amides is 1. The number of benzene rings is 3. The predicted molar refractivity (Wildman–Crippen MR) is 131 cm³/mol. The third kappa shape index (κ3) is 6.24. The molecule has 0 atom stereocenters. The molecule has 0 bridgehead atoms. The fraction of sp³-hybridized carbons (Fsp3) is 0.130. The Morgan fingerprint density at radius 2 is 1.72 bits per heavy atom. The minimum Gasteiger partial charge on any atom is -0.493 e. The largest absolute Gasteiger partial charge is 0.493 e. The number of nitro benzene ring substituents is 2. The lowest BCUT2D eigenvalue weighted by Crippen LogP contribution is -2.17. The van der Waals surface area contributed by atoms with Gasteiger partial charge in [-0.25, -0.2) is 5.43 Å². The lowest BCUT2D eigenvalue weighted by Gasteiger charge is -2.10. The van der Waals surface area contributed by atoms with E-state index in [0.29, 0.717) is 23.1 Å². The van der Waals surface area contributed by atoms with Gasteiger partial charge in [-0.15, -0.1) is 0 Å². The van der Waals surface area contributed by atoms with E-state index in [0.717, 1.165) is 18.2 Å².